The van der Waals surface area contributed by atoms with Crippen LogP contribution in [0.2, 0.25) is 0 Å². The van der Waals surface area contributed by atoms with Crippen molar-refractivity contribution in [2.75, 3.05) is 20.2 Å². The zero-order valence-corrected chi connectivity index (χ0v) is 15.1. The average molecular weight is 355 g/mol. The van der Waals surface area contributed by atoms with E-state index in [0.29, 0.717) is 13.0 Å². The zero-order chi connectivity index (χ0) is 18.4. The Hall–Kier alpha value is -2.31. The van der Waals surface area contributed by atoms with Crippen LogP contribution in [0.25, 0.3) is 16.5 Å². The number of hydrogen-bond donors (Lipinski definition) is 4. The SMILES string of the molecule is CC[C@@H](CO)NC(=O)[C@H]1CN(C)[C@@H]2Cc3c[nH]c4cccc(c34)C2=C1O. The molecule has 26 heavy (non-hydrogen) atoms. The second-order valence-electron chi connectivity index (χ2n) is 7.35. The molecule has 0 bridgehead atoms. The molecule has 0 fully saturated rings. The number of fused-ring (bicyclic) bond motifs is 2. The van der Waals surface area contributed by atoms with Gasteiger partial charge in [-0.2, -0.15) is 0 Å². The van der Waals surface area contributed by atoms with Gasteiger partial charge in [0.05, 0.1) is 12.6 Å². The van der Waals surface area contributed by atoms with Crippen LogP contribution in [0, 0.1) is 5.92 Å². The molecular weight excluding hydrogens is 330 g/mol. The summed E-state index contributed by atoms with van der Waals surface area (Å²) >= 11 is 0. The van der Waals surface area contributed by atoms with Gasteiger partial charge in [-0.15, -0.1) is 0 Å². The predicted molar refractivity (Wildman–Crippen MR) is 101 cm³/mol. The summed E-state index contributed by atoms with van der Waals surface area (Å²) in [7, 11) is 2.00. The van der Waals surface area contributed by atoms with Gasteiger partial charge in [-0.1, -0.05) is 19.1 Å². The lowest BCUT2D eigenvalue weighted by atomic mass is 9.78. The third kappa shape index (κ3) is 2.52. The van der Waals surface area contributed by atoms with Crippen molar-refractivity contribution in [3.05, 3.63) is 41.3 Å². The number of nitrogens with zero attached hydrogens (tertiary/aromatic N) is 1. The van der Waals surface area contributed by atoms with Gasteiger partial charge in [0, 0.05) is 35.3 Å². The van der Waals surface area contributed by atoms with Crippen molar-refractivity contribution in [3.8, 4) is 0 Å². The van der Waals surface area contributed by atoms with Gasteiger partial charge in [0.1, 0.15) is 11.7 Å². The first-order valence-corrected chi connectivity index (χ1v) is 9.19. The second-order valence-corrected chi connectivity index (χ2v) is 7.35. The van der Waals surface area contributed by atoms with Crippen LogP contribution in [0.5, 0.6) is 0 Å². The van der Waals surface area contributed by atoms with Crippen LogP contribution in [0.15, 0.2) is 30.2 Å². The Labute approximate surface area is 152 Å². The molecule has 0 radical (unpaired) electrons. The van der Waals surface area contributed by atoms with E-state index < -0.39 is 5.92 Å². The highest BCUT2D eigenvalue weighted by molar-refractivity contribution is 6.00. The van der Waals surface area contributed by atoms with E-state index in [-0.39, 0.29) is 30.4 Å². The van der Waals surface area contributed by atoms with Gasteiger partial charge in [-0.05, 0) is 37.1 Å². The van der Waals surface area contributed by atoms with Crippen molar-refractivity contribution in [1.29, 1.82) is 0 Å². The van der Waals surface area contributed by atoms with Crippen molar-refractivity contribution in [2.24, 2.45) is 5.92 Å². The quantitative estimate of drug-likeness (QED) is 0.673. The van der Waals surface area contributed by atoms with Crippen LogP contribution in [0.4, 0.5) is 0 Å². The molecule has 1 amide bonds. The lowest BCUT2D eigenvalue weighted by Gasteiger charge is -2.40. The summed E-state index contributed by atoms with van der Waals surface area (Å²) in [6, 6.07) is 5.81. The molecule has 0 saturated carbocycles. The fourth-order valence-electron chi connectivity index (χ4n) is 4.29. The Morgan fingerprint density at radius 3 is 3.00 bits per heavy atom. The van der Waals surface area contributed by atoms with Crippen molar-refractivity contribution < 1.29 is 15.0 Å². The number of aromatic nitrogens is 1. The van der Waals surface area contributed by atoms with Crippen molar-refractivity contribution in [2.45, 2.75) is 31.8 Å². The molecule has 2 heterocycles. The Morgan fingerprint density at radius 2 is 2.27 bits per heavy atom. The van der Waals surface area contributed by atoms with Gasteiger partial charge in [0.25, 0.3) is 0 Å². The monoisotopic (exact) mass is 355 g/mol. The summed E-state index contributed by atoms with van der Waals surface area (Å²) in [5, 5.41) is 24.4. The standard InChI is InChI=1S/C20H25N3O3/c1-3-12(10-24)22-20(26)14-9-23(2)16-7-11-8-21-15-6-4-5-13(17(11)15)18(16)19(14)25/h4-6,8,12,14,16,21,24-25H,3,7,9-10H2,1-2H3,(H,22,26)/t12-,14-,16+/m0/s1. The number of rotatable bonds is 4. The van der Waals surface area contributed by atoms with E-state index in [1.807, 2.05) is 38.4 Å². The fourth-order valence-corrected chi connectivity index (χ4v) is 4.29. The molecule has 4 rings (SSSR count). The van der Waals surface area contributed by atoms with Crippen molar-refractivity contribution in [3.63, 3.8) is 0 Å². The molecule has 3 atom stereocenters. The molecule has 138 valence electrons. The molecule has 0 unspecified atom stereocenters. The first-order chi connectivity index (χ1) is 12.5. The summed E-state index contributed by atoms with van der Waals surface area (Å²) in [6.45, 7) is 2.28. The van der Waals surface area contributed by atoms with Crippen molar-refractivity contribution >= 4 is 22.4 Å². The van der Waals surface area contributed by atoms with E-state index in [2.05, 4.69) is 15.2 Å². The number of benzene rings is 1. The molecule has 2 aliphatic rings. The highest BCUT2D eigenvalue weighted by Gasteiger charge is 2.41. The maximum Gasteiger partial charge on any atom is 0.232 e. The van der Waals surface area contributed by atoms with Gasteiger partial charge in [0.15, 0.2) is 0 Å². The van der Waals surface area contributed by atoms with Gasteiger partial charge in [-0.25, -0.2) is 0 Å². The highest BCUT2D eigenvalue weighted by Crippen LogP contribution is 2.43. The van der Waals surface area contributed by atoms with Crippen LogP contribution >= 0.6 is 0 Å². The maximum atomic E-state index is 12.7. The third-order valence-corrected chi connectivity index (χ3v) is 5.81. The predicted octanol–water partition coefficient (Wildman–Crippen LogP) is 1.81. The van der Waals surface area contributed by atoms with Crippen LogP contribution in [0.3, 0.4) is 0 Å². The Kier molecular flexibility index (Phi) is 4.25. The molecule has 1 aliphatic carbocycles. The molecule has 0 saturated heterocycles. The Bertz CT molecular complexity index is 882. The minimum atomic E-state index is -0.623. The minimum Gasteiger partial charge on any atom is -0.511 e. The summed E-state index contributed by atoms with van der Waals surface area (Å²) in [4.78, 5) is 18.2. The normalized spacial score (nSPS) is 23.8. The smallest absolute Gasteiger partial charge is 0.232 e. The Morgan fingerprint density at radius 1 is 1.46 bits per heavy atom. The van der Waals surface area contributed by atoms with Crippen LogP contribution in [-0.2, 0) is 11.2 Å². The number of amides is 1. The summed E-state index contributed by atoms with van der Waals surface area (Å²) in [5.74, 6) is -0.686. The van der Waals surface area contributed by atoms with E-state index in [4.69, 9.17) is 0 Å². The number of likely N-dealkylation sites (N-methyl/N-ethyl adjacent to an activating group) is 1. The topological polar surface area (TPSA) is 88.6 Å². The zero-order valence-electron chi connectivity index (χ0n) is 15.1. The van der Waals surface area contributed by atoms with E-state index in [0.717, 1.165) is 28.5 Å². The molecule has 1 aliphatic heterocycles. The lowest BCUT2D eigenvalue weighted by molar-refractivity contribution is -0.126. The Balaban J connectivity index is 1.78. The average Bonchev–Trinajstić information content (AvgIpc) is 3.07. The minimum absolute atomic E-state index is 0.0627. The van der Waals surface area contributed by atoms with E-state index in [1.54, 1.807) is 0 Å². The molecule has 6 nitrogen and oxygen atoms in total. The fraction of sp³-hybridized carbons (Fsp3) is 0.450. The van der Waals surface area contributed by atoms with Crippen LogP contribution < -0.4 is 5.32 Å². The number of carbonyl (C=O) groups is 1. The number of carbonyl (C=O) groups excluding carboxylic acids is 1. The molecule has 2 aromatic rings. The second kappa shape index (κ2) is 6.45. The maximum absolute atomic E-state index is 12.7. The van der Waals surface area contributed by atoms with Crippen LogP contribution in [-0.4, -0.2) is 58.3 Å². The van der Waals surface area contributed by atoms with Gasteiger partial charge >= 0.3 is 0 Å². The summed E-state index contributed by atoms with van der Waals surface area (Å²) < 4.78 is 0. The first-order valence-electron chi connectivity index (χ1n) is 9.19. The summed E-state index contributed by atoms with van der Waals surface area (Å²) in [5.41, 5.74) is 4.16. The number of aliphatic hydroxyl groups is 2. The molecular formula is C20H25N3O3. The van der Waals surface area contributed by atoms with E-state index in [1.165, 1.54) is 5.56 Å². The number of aromatic amines is 1. The van der Waals surface area contributed by atoms with Gasteiger partial charge in [0.2, 0.25) is 5.91 Å². The molecule has 0 spiro atoms. The number of nitrogens with one attached hydrogen (secondary N) is 2. The van der Waals surface area contributed by atoms with Gasteiger partial charge < -0.3 is 20.5 Å². The van der Waals surface area contributed by atoms with Crippen LogP contribution in [0.1, 0.15) is 24.5 Å². The van der Waals surface area contributed by atoms with E-state index in [9.17, 15) is 15.0 Å². The third-order valence-electron chi connectivity index (χ3n) is 5.81. The molecule has 4 N–H and O–H groups in total. The first kappa shape index (κ1) is 17.1. The van der Waals surface area contributed by atoms with Gasteiger partial charge in [-0.3, -0.25) is 9.69 Å². The number of aliphatic hydroxyl groups excluding tert-OH is 2. The molecule has 1 aromatic carbocycles. The van der Waals surface area contributed by atoms with Crippen molar-refractivity contribution in [1.82, 2.24) is 15.2 Å². The molecule has 6 heteroatoms. The van der Waals surface area contributed by atoms with E-state index >= 15 is 0 Å². The summed E-state index contributed by atoms with van der Waals surface area (Å²) in [6.07, 6.45) is 3.51. The number of H-pyrrole nitrogens is 1. The largest absolute Gasteiger partial charge is 0.511 e. The molecule has 1 aromatic heterocycles. The highest BCUT2D eigenvalue weighted by atomic mass is 16.3. The number of hydrogen-bond acceptors (Lipinski definition) is 4. The lowest BCUT2D eigenvalue weighted by Crippen LogP contribution is -2.50.